The zero-order valence-corrected chi connectivity index (χ0v) is 26.9. The maximum atomic E-state index is 9.27. The molecular weight excluding hydrogens is 492 g/mol. The Balaban J connectivity index is 3.41. The van der Waals surface area contributed by atoms with Gasteiger partial charge < -0.3 is 28.8 Å². The Morgan fingerprint density at radius 1 is 0.410 bits per heavy atom. The average molecular weight is 561 g/mol. The van der Waals surface area contributed by atoms with Gasteiger partial charge in [0.25, 0.3) is 0 Å². The fraction of sp³-hybridized carbons (Fsp3) is 1.00. The molecule has 0 aromatic heterocycles. The maximum absolute atomic E-state index is 9.27. The lowest BCUT2D eigenvalue weighted by atomic mass is 10.0. The van der Waals surface area contributed by atoms with E-state index in [1.165, 1.54) is 96.3 Å². The van der Waals surface area contributed by atoms with Gasteiger partial charge in [0.15, 0.2) is 0 Å². The predicted octanol–water partition coefficient (Wildman–Crippen LogP) is 8.27. The standard InChI is InChI=1S/C33H68O6/c1-7-8-9-10-11-12-13-14-15-16-17-18-19-20-21-22-23-35-25-30(3)37-27-32(5)39-28-33(6)38-26-31(4)36-24-29(2)34/h29-34H,7-28H2,1-6H3. The van der Waals surface area contributed by atoms with Gasteiger partial charge in [0, 0.05) is 6.61 Å². The first-order chi connectivity index (χ1) is 18.8. The van der Waals surface area contributed by atoms with Crippen LogP contribution in [-0.2, 0) is 23.7 Å². The largest absolute Gasteiger partial charge is 0.391 e. The molecule has 0 aromatic rings. The lowest BCUT2D eigenvalue weighted by molar-refractivity contribution is -0.0960. The highest BCUT2D eigenvalue weighted by atomic mass is 16.6. The molecule has 0 radical (unpaired) electrons. The maximum Gasteiger partial charge on any atom is 0.0781 e. The van der Waals surface area contributed by atoms with Crippen molar-refractivity contribution < 1.29 is 28.8 Å². The van der Waals surface area contributed by atoms with Crippen LogP contribution in [-0.4, -0.2) is 75.3 Å². The van der Waals surface area contributed by atoms with Crippen molar-refractivity contribution in [2.24, 2.45) is 0 Å². The Bertz CT molecular complexity index is 475. The second-order valence-corrected chi connectivity index (χ2v) is 11.8. The molecule has 0 rings (SSSR count). The highest BCUT2D eigenvalue weighted by Crippen LogP contribution is 2.14. The van der Waals surface area contributed by atoms with E-state index in [2.05, 4.69) is 13.8 Å². The Morgan fingerprint density at radius 2 is 0.718 bits per heavy atom. The molecule has 0 saturated heterocycles. The quantitative estimate of drug-likeness (QED) is 0.0861. The van der Waals surface area contributed by atoms with Gasteiger partial charge in [-0.15, -0.1) is 0 Å². The minimum atomic E-state index is -0.458. The zero-order valence-electron chi connectivity index (χ0n) is 26.9. The predicted molar refractivity (Wildman–Crippen MR) is 164 cm³/mol. The van der Waals surface area contributed by atoms with E-state index < -0.39 is 6.10 Å². The molecule has 0 heterocycles. The third-order valence-corrected chi connectivity index (χ3v) is 6.96. The molecule has 6 nitrogen and oxygen atoms in total. The molecule has 0 bridgehead atoms. The molecule has 0 aliphatic rings. The number of hydrogen-bond donors (Lipinski definition) is 1. The molecule has 0 spiro atoms. The van der Waals surface area contributed by atoms with Crippen molar-refractivity contribution in [1.29, 1.82) is 0 Å². The smallest absolute Gasteiger partial charge is 0.0781 e. The number of ether oxygens (including phenoxy) is 5. The monoisotopic (exact) mass is 561 g/mol. The summed E-state index contributed by atoms with van der Waals surface area (Å²) in [4.78, 5) is 0. The minimum Gasteiger partial charge on any atom is -0.391 e. The number of unbranched alkanes of at least 4 members (excludes halogenated alkanes) is 15. The fourth-order valence-corrected chi connectivity index (χ4v) is 4.40. The summed E-state index contributed by atoms with van der Waals surface area (Å²) in [5.74, 6) is 0. The first kappa shape index (κ1) is 38.8. The molecule has 0 fully saturated rings. The van der Waals surface area contributed by atoms with Crippen LogP contribution < -0.4 is 0 Å². The first-order valence-electron chi connectivity index (χ1n) is 16.6. The van der Waals surface area contributed by atoms with Crippen LogP contribution in [0.1, 0.15) is 144 Å². The second-order valence-electron chi connectivity index (χ2n) is 11.8. The van der Waals surface area contributed by atoms with E-state index in [0.717, 1.165) is 13.0 Å². The van der Waals surface area contributed by atoms with Crippen LogP contribution >= 0.6 is 0 Å². The lowest BCUT2D eigenvalue weighted by Gasteiger charge is -2.21. The average Bonchev–Trinajstić information content (AvgIpc) is 2.91. The van der Waals surface area contributed by atoms with Crippen molar-refractivity contribution in [1.82, 2.24) is 0 Å². The van der Waals surface area contributed by atoms with Crippen LogP contribution in [0.2, 0.25) is 0 Å². The number of hydrogen-bond acceptors (Lipinski definition) is 6. The molecular formula is C33H68O6. The van der Waals surface area contributed by atoms with E-state index in [1.54, 1.807) is 6.92 Å². The summed E-state index contributed by atoms with van der Waals surface area (Å²) < 4.78 is 28.8. The van der Waals surface area contributed by atoms with Gasteiger partial charge in [-0.05, 0) is 41.0 Å². The van der Waals surface area contributed by atoms with Crippen molar-refractivity contribution in [3.63, 3.8) is 0 Å². The summed E-state index contributed by atoms with van der Waals surface area (Å²) >= 11 is 0. The first-order valence-corrected chi connectivity index (χ1v) is 16.6. The summed E-state index contributed by atoms with van der Waals surface area (Å²) in [7, 11) is 0. The van der Waals surface area contributed by atoms with E-state index in [1.807, 2.05) is 20.8 Å². The summed E-state index contributed by atoms with van der Waals surface area (Å²) in [6, 6.07) is 0. The Morgan fingerprint density at radius 3 is 1.08 bits per heavy atom. The van der Waals surface area contributed by atoms with E-state index in [-0.39, 0.29) is 24.4 Å². The van der Waals surface area contributed by atoms with Crippen LogP contribution in [0, 0.1) is 0 Å². The van der Waals surface area contributed by atoms with Crippen molar-refractivity contribution >= 4 is 0 Å². The molecule has 6 heteroatoms. The number of aliphatic hydroxyl groups is 1. The van der Waals surface area contributed by atoms with Crippen molar-refractivity contribution in [2.75, 3.05) is 39.6 Å². The van der Waals surface area contributed by atoms with Crippen LogP contribution in [0.15, 0.2) is 0 Å². The summed E-state index contributed by atoms with van der Waals surface area (Å²) in [6.07, 6.45) is 21.7. The zero-order chi connectivity index (χ0) is 29.0. The van der Waals surface area contributed by atoms with Crippen LogP contribution in [0.4, 0.5) is 0 Å². The summed E-state index contributed by atoms with van der Waals surface area (Å²) in [5.41, 5.74) is 0. The molecule has 39 heavy (non-hydrogen) atoms. The van der Waals surface area contributed by atoms with Crippen molar-refractivity contribution in [2.45, 2.75) is 175 Å². The van der Waals surface area contributed by atoms with Crippen LogP contribution in [0.3, 0.4) is 0 Å². The summed E-state index contributed by atoms with van der Waals surface area (Å²) in [6.45, 7) is 15.3. The highest BCUT2D eigenvalue weighted by Gasteiger charge is 2.12. The fourth-order valence-electron chi connectivity index (χ4n) is 4.40. The highest BCUT2D eigenvalue weighted by molar-refractivity contribution is 4.57. The lowest BCUT2D eigenvalue weighted by Crippen LogP contribution is -2.29. The van der Waals surface area contributed by atoms with E-state index in [4.69, 9.17) is 23.7 Å². The molecule has 0 aliphatic carbocycles. The van der Waals surface area contributed by atoms with E-state index in [9.17, 15) is 5.11 Å². The molecule has 0 saturated carbocycles. The number of rotatable bonds is 31. The topological polar surface area (TPSA) is 66.4 Å². The molecule has 0 aliphatic heterocycles. The third kappa shape index (κ3) is 30.5. The number of aliphatic hydroxyl groups excluding tert-OH is 1. The van der Waals surface area contributed by atoms with Crippen molar-refractivity contribution in [3.05, 3.63) is 0 Å². The molecule has 0 aromatic carbocycles. The Hall–Kier alpha value is -0.240. The van der Waals surface area contributed by atoms with Gasteiger partial charge in [-0.1, -0.05) is 103 Å². The van der Waals surface area contributed by atoms with Gasteiger partial charge in [0.05, 0.1) is 63.6 Å². The van der Waals surface area contributed by atoms with Crippen LogP contribution in [0.5, 0.6) is 0 Å². The summed E-state index contributed by atoms with van der Waals surface area (Å²) in [5, 5.41) is 9.27. The molecule has 0 amide bonds. The second kappa shape index (κ2) is 29.3. The van der Waals surface area contributed by atoms with Crippen molar-refractivity contribution in [3.8, 4) is 0 Å². The minimum absolute atomic E-state index is 0.00253. The Labute approximate surface area is 243 Å². The van der Waals surface area contributed by atoms with Crippen LogP contribution in [0.25, 0.3) is 0 Å². The van der Waals surface area contributed by atoms with Gasteiger partial charge in [0.2, 0.25) is 0 Å². The molecule has 5 unspecified atom stereocenters. The van der Waals surface area contributed by atoms with E-state index in [0.29, 0.717) is 33.0 Å². The third-order valence-electron chi connectivity index (χ3n) is 6.96. The van der Waals surface area contributed by atoms with E-state index >= 15 is 0 Å². The van der Waals surface area contributed by atoms with Gasteiger partial charge in [-0.2, -0.15) is 0 Å². The SMILES string of the molecule is CCCCCCCCCCCCCCCCCCOCC(C)OCC(C)OCC(C)OCC(C)OCC(C)O. The van der Waals surface area contributed by atoms with Gasteiger partial charge in [0.1, 0.15) is 0 Å². The normalized spacial score (nSPS) is 15.8. The van der Waals surface area contributed by atoms with Gasteiger partial charge in [-0.3, -0.25) is 0 Å². The molecule has 5 atom stereocenters. The van der Waals surface area contributed by atoms with Gasteiger partial charge >= 0.3 is 0 Å². The Kier molecular flexibility index (Phi) is 29.1. The molecule has 236 valence electrons. The van der Waals surface area contributed by atoms with Gasteiger partial charge in [-0.25, -0.2) is 0 Å². The molecule has 1 N–H and O–H groups in total.